The lowest BCUT2D eigenvalue weighted by atomic mass is 9.76. The number of carbonyl (C=O) groups excluding carboxylic acids is 3. The van der Waals surface area contributed by atoms with Gasteiger partial charge in [-0.05, 0) is 25.2 Å². The molecule has 0 aliphatic carbocycles. The van der Waals surface area contributed by atoms with E-state index in [2.05, 4.69) is 15.6 Å². The Morgan fingerprint density at radius 1 is 1.32 bits per heavy atom. The maximum Gasteiger partial charge on any atom is 0.322 e. The van der Waals surface area contributed by atoms with E-state index in [-0.39, 0.29) is 17.7 Å². The van der Waals surface area contributed by atoms with Gasteiger partial charge in [0.2, 0.25) is 5.91 Å². The van der Waals surface area contributed by atoms with Gasteiger partial charge in [-0.15, -0.1) is 0 Å². The van der Waals surface area contributed by atoms with Crippen molar-refractivity contribution in [1.82, 2.24) is 25.1 Å². The van der Waals surface area contributed by atoms with Crippen LogP contribution in [0.5, 0.6) is 0 Å². The monoisotopic (exact) mass is 347 g/mol. The summed E-state index contributed by atoms with van der Waals surface area (Å²) < 4.78 is 1.88. The number of aromatic nitrogens is 2. The minimum Gasteiger partial charge on any atom is -0.341 e. The quantitative estimate of drug-likeness (QED) is 0.765. The van der Waals surface area contributed by atoms with E-state index in [1.165, 1.54) is 0 Å². The van der Waals surface area contributed by atoms with Crippen molar-refractivity contribution < 1.29 is 14.4 Å². The van der Waals surface area contributed by atoms with Crippen LogP contribution in [-0.4, -0.2) is 50.9 Å². The number of likely N-dealkylation sites (tertiary alicyclic amines) is 1. The molecule has 0 saturated carbocycles. The number of hydrogen-bond acceptors (Lipinski definition) is 4. The molecule has 0 aromatic carbocycles. The van der Waals surface area contributed by atoms with E-state index >= 15 is 0 Å². The van der Waals surface area contributed by atoms with Crippen molar-refractivity contribution in [3.05, 3.63) is 18.2 Å². The Labute approximate surface area is 147 Å². The molecule has 1 atom stereocenters. The molecule has 8 nitrogen and oxygen atoms in total. The van der Waals surface area contributed by atoms with Gasteiger partial charge in [-0.25, -0.2) is 9.78 Å². The standard InChI is InChI=1S/C17H25N5O3/c1-3-13-18-7-10-22(13)11-14(23)21-8-5-12(6-9-21)17(4-2)15(24)19-16(25)20-17/h7,10,12H,3-6,8-9,11H2,1-2H3,(H2,19,20,24,25)/t17-/m0/s1. The van der Waals surface area contributed by atoms with Crippen LogP contribution in [0.4, 0.5) is 4.79 Å². The average molecular weight is 347 g/mol. The van der Waals surface area contributed by atoms with Gasteiger partial charge in [-0.3, -0.25) is 14.9 Å². The Kier molecular flexibility index (Phi) is 4.78. The van der Waals surface area contributed by atoms with Crippen LogP contribution in [-0.2, 0) is 22.6 Å². The van der Waals surface area contributed by atoms with Crippen LogP contribution in [0.3, 0.4) is 0 Å². The summed E-state index contributed by atoms with van der Waals surface area (Å²) in [4.78, 5) is 42.5. The second-order valence-electron chi connectivity index (χ2n) is 6.71. The smallest absolute Gasteiger partial charge is 0.322 e. The second-order valence-corrected chi connectivity index (χ2v) is 6.71. The zero-order valence-corrected chi connectivity index (χ0v) is 14.7. The van der Waals surface area contributed by atoms with E-state index in [1.807, 2.05) is 29.5 Å². The molecule has 0 bridgehead atoms. The highest BCUT2D eigenvalue weighted by atomic mass is 16.2. The van der Waals surface area contributed by atoms with E-state index in [0.717, 1.165) is 12.2 Å². The molecule has 2 fully saturated rings. The van der Waals surface area contributed by atoms with Crippen molar-refractivity contribution >= 4 is 17.8 Å². The Morgan fingerprint density at radius 2 is 2.04 bits per heavy atom. The molecular weight excluding hydrogens is 322 g/mol. The van der Waals surface area contributed by atoms with E-state index < -0.39 is 11.6 Å². The third-order valence-corrected chi connectivity index (χ3v) is 5.49. The summed E-state index contributed by atoms with van der Waals surface area (Å²) in [7, 11) is 0. The minimum absolute atomic E-state index is 0.0486. The van der Waals surface area contributed by atoms with Crippen molar-refractivity contribution in [2.75, 3.05) is 13.1 Å². The summed E-state index contributed by atoms with van der Waals surface area (Å²) in [6.07, 6.45) is 6.29. The van der Waals surface area contributed by atoms with E-state index in [4.69, 9.17) is 0 Å². The molecule has 3 heterocycles. The third-order valence-electron chi connectivity index (χ3n) is 5.49. The molecule has 1 aromatic rings. The van der Waals surface area contributed by atoms with Crippen molar-refractivity contribution in [2.24, 2.45) is 5.92 Å². The number of hydrogen-bond donors (Lipinski definition) is 2. The number of carbonyl (C=O) groups is 3. The topological polar surface area (TPSA) is 96.3 Å². The molecule has 25 heavy (non-hydrogen) atoms. The van der Waals surface area contributed by atoms with Crippen molar-refractivity contribution in [3.8, 4) is 0 Å². The summed E-state index contributed by atoms with van der Waals surface area (Å²) in [5, 5.41) is 5.17. The molecule has 2 aliphatic heterocycles. The lowest BCUT2D eigenvalue weighted by Crippen LogP contribution is -2.56. The molecule has 8 heteroatoms. The highest BCUT2D eigenvalue weighted by Crippen LogP contribution is 2.33. The van der Waals surface area contributed by atoms with Crippen LogP contribution < -0.4 is 10.6 Å². The summed E-state index contributed by atoms with van der Waals surface area (Å²) in [5.41, 5.74) is -0.827. The first-order valence-corrected chi connectivity index (χ1v) is 8.91. The maximum atomic E-state index is 12.6. The number of aryl methyl sites for hydroxylation is 1. The molecule has 2 saturated heterocycles. The predicted molar refractivity (Wildman–Crippen MR) is 90.6 cm³/mol. The van der Waals surface area contributed by atoms with Gasteiger partial charge in [0.05, 0.1) is 0 Å². The van der Waals surface area contributed by atoms with Gasteiger partial charge in [-0.1, -0.05) is 13.8 Å². The number of imidazole rings is 1. The van der Waals surface area contributed by atoms with E-state index in [1.54, 1.807) is 6.20 Å². The predicted octanol–water partition coefficient (Wildman–Crippen LogP) is 0.672. The molecule has 1 aromatic heterocycles. The highest BCUT2D eigenvalue weighted by Gasteiger charge is 2.51. The first-order valence-electron chi connectivity index (χ1n) is 8.91. The molecule has 0 unspecified atom stereocenters. The van der Waals surface area contributed by atoms with Gasteiger partial charge in [0.1, 0.15) is 17.9 Å². The van der Waals surface area contributed by atoms with Gasteiger partial charge in [-0.2, -0.15) is 0 Å². The number of nitrogens with zero attached hydrogens (tertiary/aromatic N) is 3. The van der Waals surface area contributed by atoms with E-state index in [0.29, 0.717) is 38.9 Å². The van der Waals surface area contributed by atoms with Crippen LogP contribution in [0.25, 0.3) is 0 Å². The second kappa shape index (κ2) is 6.85. The summed E-state index contributed by atoms with van der Waals surface area (Å²) in [5.74, 6) is 0.776. The average Bonchev–Trinajstić information content (AvgIpc) is 3.18. The fourth-order valence-electron chi connectivity index (χ4n) is 4.00. The molecule has 0 radical (unpaired) electrons. The van der Waals surface area contributed by atoms with Gasteiger partial charge in [0.25, 0.3) is 5.91 Å². The number of amides is 4. The highest BCUT2D eigenvalue weighted by molar-refractivity contribution is 6.07. The fraction of sp³-hybridized carbons (Fsp3) is 0.647. The number of nitrogens with one attached hydrogen (secondary N) is 2. The van der Waals surface area contributed by atoms with Crippen LogP contribution in [0.1, 0.15) is 38.9 Å². The largest absolute Gasteiger partial charge is 0.341 e. The minimum atomic E-state index is -0.827. The molecule has 3 rings (SSSR count). The zero-order valence-electron chi connectivity index (χ0n) is 14.7. The van der Waals surface area contributed by atoms with Crippen molar-refractivity contribution in [2.45, 2.75) is 51.6 Å². The molecular formula is C17H25N5O3. The van der Waals surface area contributed by atoms with E-state index in [9.17, 15) is 14.4 Å². The summed E-state index contributed by atoms with van der Waals surface area (Å²) >= 11 is 0. The number of imide groups is 1. The molecule has 4 amide bonds. The Balaban J connectivity index is 1.61. The summed E-state index contributed by atoms with van der Waals surface area (Å²) in [6, 6.07) is -0.419. The van der Waals surface area contributed by atoms with Crippen LogP contribution in [0, 0.1) is 5.92 Å². The first kappa shape index (κ1) is 17.4. The van der Waals surface area contributed by atoms with Crippen LogP contribution >= 0.6 is 0 Å². The lowest BCUT2D eigenvalue weighted by Gasteiger charge is -2.40. The normalized spacial score (nSPS) is 24.3. The SMILES string of the molecule is CCc1nccn1CC(=O)N1CCC([C@]2(CC)NC(=O)NC2=O)CC1. The van der Waals surface area contributed by atoms with Crippen molar-refractivity contribution in [3.63, 3.8) is 0 Å². The first-order chi connectivity index (χ1) is 12.0. The molecule has 2 aliphatic rings. The lowest BCUT2D eigenvalue weighted by molar-refractivity contribution is -0.134. The fourth-order valence-corrected chi connectivity index (χ4v) is 4.00. The Bertz CT molecular complexity index is 678. The Hall–Kier alpha value is -2.38. The van der Waals surface area contributed by atoms with Gasteiger partial charge in [0, 0.05) is 31.9 Å². The number of rotatable bonds is 5. The number of piperidine rings is 1. The summed E-state index contributed by atoms with van der Waals surface area (Å²) in [6.45, 7) is 5.42. The Morgan fingerprint density at radius 3 is 2.60 bits per heavy atom. The molecule has 136 valence electrons. The maximum absolute atomic E-state index is 12.6. The van der Waals surface area contributed by atoms with Crippen LogP contribution in [0.2, 0.25) is 0 Å². The van der Waals surface area contributed by atoms with Crippen molar-refractivity contribution in [1.29, 1.82) is 0 Å². The third kappa shape index (κ3) is 3.12. The molecule has 0 spiro atoms. The van der Waals surface area contributed by atoms with Crippen LogP contribution in [0.15, 0.2) is 12.4 Å². The van der Waals surface area contributed by atoms with Gasteiger partial charge in [0.15, 0.2) is 0 Å². The van der Waals surface area contributed by atoms with Gasteiger partial charge >= 0.3 is 6.03 Å². The number of urea groups is 1. The zero-order chi connectivity index (χ0) is 18.0. The van der Waals surface area contributed by atoms with Gasteiger partial charge < -0.3 is 14.8 Å². The molecule has 2 N–H and O–H groups in total.